The number of fused-ring (bicyclic) bond motifs is 1. The molecule has 0 unspecified atom stereocenters. The van der Waals surface area contributed by atoms with Crippen molar-refractivity contribution in [3.63, 3.8) is 0 Å². The fourth-order valence-electron chi connectivity index (χ4n) is 1.82. The van der Waals surface area contributed by atoms with Gasteiger partial charge in [-0.05, 0) is 45.9 Å². The van der Waals surface area contributed by atoms with Crippen molar-refractivity contribution in [1.82, 2.24) is 15.6 Å². The first-order chi connectivity index (χ1) is 9.87. The van der Waals surface area contributed by atoms with Crippen LogP contribution in [-0.4, -0.2) is 23.0 Å². The summed E-state index contributed by atoms with van der Waals surface area (Å²) in [4.78, 5) is 9.17. The van der Waals surface area contributed by atoms with Gasteiger partial charge >= 0.3 is 0 Å². The molecule has 0 aliphatic carbocycles. The minimum absolute atomic E-state index is 0.0257. The number of nitrogens with zero attached hydrogens (tertiary/aromatic N) is 2. The Morgan fingerprint density at radius 1 is 1.38 bits per heavy atom. The molecule has 21 heavy (non-hydrogen) atoms. The number of aromatic nitrogens is 1. The second-order valence-electron chi connectivity index (χ2n) is 5.79. The van der Waals surface area contributed by atoms with Gasteiger partial charge in [0.25, 0.3) is 0 Å². The van der Waals surface area contributed by atoms with E-state index in [1.807, 2.05) is 18.2 Å². The van der Waals surface area contributed by atoms with Gasteiger partial charge in [0, 0.05) is 17.1 Å². The zero-order valence-electron chi connectivity index (χ0n) is 12.8. The lowest BCUT2D eigenvalue weighted by Gasteiger charge is -2.23. The number of halogens is 1. The number of benzene rings is 1. The van der Waals surface area contributed by atoms with Crippen molar-refractivity contribution in [3.05, 3.63) is 28.2 Å². The van der Waals surface area contributed by atoms with Crippen LogP contribution in [0.4, 0.5) is 0 Å². The quantitative estimate of drug-likeness (QED) is 0.667. The molecule has 1 aromatic heterocycles. The Bertz CT molecular complexity index is 643. The van der Waals surface area contributed by atoms with Crippen molar-refractivity contribution in [3.8, 4) is 0 Å². The first-order valence-electron chi connectivity index (χ1n) is 6.99. The third-order valence-corrected chi connectivity index (χ3v) is 3.86. The smallest absolute Gasteiger partial charge is 0.192 e. The number of aliphatic imine (C=N–C) groups is 1. The molecule has 0 bridgehead atoms. The van der Waals surface area contributed by atoms with E-state index in [-0.39, 0.29) is 5.54 Å². The van der Waals surface area contributed by atoms with Gasteiger partial charge in [0.1, 0.15) is 5.01 Å². The van der Waals surface area contributed by atoms with Crippen LogP contribution in [0.3, 0.4) is 0 Å². The molecule has 0 atom stereocenters. The Labute approximate surface area is 134 Å². The maximum absolute atomic E-state index is 5.99. The van der Waals surface area contributed by atoms with Crippen LogP contribution in [0.25, 0.3) is 10.2 Å². The fourth-order valence-corrected chi connectivity index (χ4v) is 2.86. The normalized spacial score (nSPS) is 12.7. The minimum atomic E-state index is -0.0257. The van der Waals surface area contributed by atoms with Crippen molar-refractivity contribution in [2.24, 2.45) is 4.99 Å². The Hall–Kier alpha value is -1.33. The summed E-state index contributed by atoms with van der Waals surface area (Å²) in [6.07, 6.45) is 0. The molecule has 2 N–H and O–H groups in total. The van der Waals surface area contributed by atoms with E-state index in [9.17, 15) is 0 Å². The van der Waals surface area contributed by atoms with Crippen LogP contribution in [0.1, 0.15) is 32.7 Å². The van der Waals surface area contributed by atoms with Crippen LogP contribution in [-0.2, 0) is 6.54 Å². The van der Waals surface area contributed by atoms with Gasteiger partial charge in [0.15, 0.2) is 5.96 Å². The van der Waals surface area contributed by atoms with Crippen LogP contribution < -0.4 is 10.6 Å². The van der Waals surface area contributed by atoms with E-state index in [4.69, 9.17) is 11.6 Å². The van der Waals surface area contributed by atoms with Gasteiger partial charge in [-0.2, -0.15) is 0 Å². The Morgan fingerprint density at radius 2 is 2.14 bits per heavy atom. The largest absolute Gasteiger partial charge is 0.357 e. The molecule has 1 aromatic carbocycles. The number of rotatable bonds is 3. The predicted molar refractivity (Wildman–Crippen MR) is 92.3 cm³/mol. The lowest BCUT2D eigenvalue weighted by molar-refractivity contribution is 0.501. The molecule has 1 heterocycles. The summed E-state index contributed by atoms with van der Waals surface area (Å²) in [7, 11) is 0. The Balaban J connectivity index is 2.15. The van der Waals surface area contributed by atoms with Gasteiger partial charge in [0.05, 0.1) is 16.8 Å². The van der Waals surface area contributed by atoms with E-state index in [0.29, 0.717) is 11.6 Å². The molecule has 0 saturated heterocycles. The topological polar surface area (TPSA) is 49.3 Å². The highest BCUT2D eigenvalue weighted by Crippen LogP contribution is 2.25. The Morgan fingerprint density at radius 3 is 2.81 bits per heavy atom. The number of hydrogen-bond donors (Lipinski definition) is 2. The summed E-state index contributed by atoms with van der Waals surface area (Å²) in [6.45, 7) is 9.78. The predicted octanol–water partition coefficient (Wildman–Crippen LogP) is 3.80. The van der Waals surface area contributed by atoms with Crippen molar-refractivity contribution < 1.29 is 0 Å². The average molecular weight is 325 g/mol. The molecular formula is C15H21ClN4S. The first-order valence-corrected chi connectivity index (χ1v) is 8.18. The summed E-state index contributed by atoms with van der Waals surface area (Å²) >= 11 is 7.64. The highest BCUT2D eigenvalue weighted by molar-refractivity contribution is 7.18. The van der Waals surface area contributed by atoms with E-state index in [0.717, 1.165) is 27.7 Å². The molecular weight excluding hydrogens is 304 g/mol. The van der Waals surface area contributed by atoms with Gasteiger partial charge in [-0.15, -0.1) is 11.3 Å². The molecule has 0 aliphatic rings. The van der Waals surface area contributed by atoms with Crippen LogP contribution in [0.2, 0.25) is 5.02 Å². The monoisotopic (exact) mass is 324 g/mol. The molecule has 0 radical (unpaired) electrons. The van der Waals surface area contributed by atoms with Crippen LogP contribution in [0.15, 0.2) is 23.2 Å². The van der Waals surface area contributed by atoms with Crippen molar-refractivity contribution in [2.45, 2.75) is 39.8 Å². The molecule has 0 amide bonds. The molecule has 0 aliphatic heterocycles. The highest BCUT2D eigenvalue weighted by atomic mass is 35.5. The molecule has 2 aromatic rings. The van der Waals surface area contributed by atoms with E-state index in [1.54, 1.807) is 11.3 Å². The van der Waals surface area contributed by atoms with E-state index < -0.39 is 0 Å². The zero-order chi connectivity index (χ0) is 15.5. The highest BCUT2D eigenvalue weighted by Gasteiger charge is 2.12. The number of hydrogen-bond acceptors (Lipinski definition) is 3. The maximum atomic E-state index is 5.99. The van der Waals surface area contributed by atoms with Crippen molar-refractivity contribution >= 4 is 39.1 Å². The fraction of sp³-hybridized carbons (Fsp3) is 0.467. The number of guanidine groups is 1. The summed E-state index contributed by atoms with van der Waals surface area (Å²) < 4.78 is 1.14. The van der Waals surface area contributed by atoms with Crippen molar-refractivity contribution in [2.75, 3.05) is 6.54 Å². The summed E-state index contributed by atoms with van der Waals surface area (Å²) in [5.74, 6) is 0.808. The van der Waals surface area contributed by atoms with E-state index >= 15 is 0 Å². The van der Waals surface area contributed by atoms with Crippen LogP contribution in [0.5, 0.6) is 0 Å². The molecule has 0 spiro atoms. The van der Waals surface area contributed by atoms with E-state index in [2.05, 4.69) is 48.3 Å². The average Bonchev–Trinajstić information content (AvgIpc) is 2.76. The molecule has 114 valence electrons. The molecule has 0 saturated carbocycles. The SMILES string of the molecule is CCNC(=NCc1nc2cc(Cl)ccc2s1)NC(C)(C)C. The maximum Gasteiger partial charge on any atom is 0.192 e. The van der Waals surface area contributed by atoms with Gasteiger partial charge < -0.3 is 10.6 Å². The molecule has 2 rings (SSSR count). The summed E-state index contributed by atoms with van der Waals surface area (Å²) in [5.41, 5.74) is 0.911. The zero-order valence-corrected chi connectivity index (χ0v) is 14.4. The molecule has 6 heteroatoms. The van der Waals surface area contributed by atoms with E-state index in [1.165, 1.54) is 0 Å². The van der Waals surface area contributed by atoms with Crippen LogP contribution >= 0.6 is 22.9 Å². The Kier molecular flexibility index (Phi) is 5.06. The summed E-state index contributed by atoms with van der Waals surface area (Å²) in [5, 5.41) is 8.31. The summed E-state index contributed by atoms with van der Waals surface area (Å²) in [6, 6.07) is 5.78. The second kappa shape index (κ2) is 6.62. The second-order valence-corrected chi connectivity index (χ2v) is 7.34. The number of nitrogens with one attached hydrogen (secondary N) is 2. The first kappa shape index (κ1) is 16.0. The lowest BCUT2D eigenvalue weighted by Crippen LogP contribution is -2.47. The number of thiazole rings is 1. The van der Waals surface area contributed by atoms with Gasteiger partial charge in [-0.1, -0.05) is 11.6 Å². The van der Waals surface area contributed by atoms with Crippen LogP contribution in [0, 0.1) is 0 Å². The molecule has 4 nitrogen and oxygen atoms in total. The minimum Gasteiger partial charge on any atom is -0.357 e. The van der Waals surface area contributed by atoms with Gasteiger partial charge in [-0.25, -0.2) is 9.98 Å². The lowest BCUT2D eigenvalue weighted by atomic mass is 10.1. The molecule has 0 fully saturated rings. The van der Waals surface area contributed by atoms with Crippen molar-refractivity contribution in [1.29, 1.82) is 0 Å². The third-order valence-electron chi connectivity index (χ3n) is 2.60. The van der Waals surface area contributed by atoms with Gasteiger partial charge in [0.2, 0.25) is 0 Å². The van der Waals surface area contributed by atoms with Gasteiger partial charge in [-0.3, -0.25) is 0 Å². The third kappa shape index (κ3) is 4.86. The standard InChI is InChI=1S/C15H21ClN4S/c1-5-17-14(20-15(2,3)4)18-9-13-19-11-8-10(16)6-7-12(11)21-13/h6-8H,5,9H2,1-4H3,(H2,17,18,20).